The highest BCUT2D eigenvalue weighted by Gasteiger charge is 2.30. The van der Waals surface area contributed by atoms with E-state index in [1.807, 2.05) is 0 Å². The van der Waals surface area contributed by atoms with E-state index in [2.05, 4.69) is 0 Å². The highest BCUT2D eigenvalue weighted by molar-refractivity contribution is 7.89. The minimum absolute atomic E-state index is 0.0338. The normalized spacial score (nSPS) is 11.5. The molecule has 0 amide bonds. The molecule has 0 saturated carbocycles. The molecule has 0 radical (unpaired) electrons. The molecule has 7 nitrogen and oxygen atoms in total. The largest absolute Gasteiger partial charge is 0.497 e. The SMILES string of the molecule is COc1ccc(S(=O)(=O)N(C)Cc2cccc(Cl)c2)c([N+](=O)[O-])c1. The fraction of sp³-hybridized carbons (Fsp3) is 0.200. The van der Waals surface area contributed by atoms with Gasteiger partial charge in [0.2, 0.25) is 10.0 Å². The van der Waals surface area contributed by atoms with Gasteiger partial charge < -0.3 is 4.74 Å². The van der Waals surface area contributed by atoms with Gasteiger partial charge in [0.25, 0.3) is 5.69 Å². The van der Waals surface area contributed by atoms with Crippen LogP contribution >= 0.6 is 11.6 Å². The Kier molecular flexibility index (Phi) is 5.43. The van der Waals surface area contributed by atoms with Crippen molar-refractivity contribution in [2.24, 2.45) is 0 Å². The van der Waals surface area contributed by atoms with Crippen LogP contribution < -0.4 is 4.74 Å². The zero-order valence-corrected chi connectivity index (χ0v) is 14.5. The maximum absolute atomic E-state index is 12.7. The average molecular weight is 371 g/mol. The Bertz CT molecular complexity index is 870. The second-order valence-corrected chi connectivity index (χ2v) is 7.43. The van der Waals surface area contributed by atoms with Crippen LogP contribution in [-0.2, 0) is 16.6 Å². The number of nitro benzene ring substituents is 1. The number of sulfonamides is 1. The molecule has 0 saturated heterocycles. The van der Waals surface area contributed by atoms with Crippen LogP contribution in [0, 0.1) is 10.1 Å². The van der Waals surface area contributed by atoms with E-state index in [1.165, 1.54) is 26.3 Å². The predicted octanol–water partition coefficient (Wildman–Crippen LogP) is 3.08. The molecule has 2 rings (SSSR count). The summed E-state index contributed by atoms with van der Waals surface area (Å²) in [5, 5.41) is 11.7. The molecular formula is C15H15ClN2O5S. The minimum Gasteiger partial charge on any atom is -0.497 e. The average Bonchev–Trinajstić information content (AvgIpc) is 2.54. The number of hydrogen-bond acceptors (Lipinski definition) is 5. The van der Waals surface area contributed by atoms with Gasteiger partial charge in [-0.2, -0.15) is 4.31 Å². The van der Waals surface area contributed by atoms with Crippen molar-refractivity contribution in [2.45, 2.75) is 11.4 Å². The Morgan fingerprint density at radius 3 is 2.54 bits per heavy atom. The Hall–Kier alpha value is -2.16. The number of nitrogens with zero attached hydrogens (tertiary/aromatic N) is 2. The summed E-state index contributed by atoms with van der Waals surface area (Å²) in [4.78, 5) is 10.1. The van der Waals surface area contributed by atoms with Crippen LogP contribution in [0.3, 0.4) is 0 Å². The molecule has 0 aliphatic rings. The Morgan fingerprint density at radius 1 is 1.25 bits per heavy atom. The van der Waals surface area contributed by atoms with Crippen LogP contribution in [0.1, 0.15) is 5.56 Å². The number of halogens is 1. The van der Waals surface area contributed by atoms with Crippen LogP contribution in [0.25, 0.3) is 0 Å². The zero-order chi connectivity index (χ0) is 17.9. The van der Waals surface area contributed by atoms with Gasteiger partial charge in [0.15, 0.2) is 4.90 Å². The van der Waals surface area contributed by atoms with E-state index < -0.39 is 25.5 Å². The van der Waals surface area contributed by atoms with Crippen molar-refractivity contribution in [3.05, 3.63) is 63.2 Å². The first-order valence-electron chi connectivity index (χ1n) is 6.79. The highest BCUT2D eigenvalue weighted by Crippen LogP contribution is 2.30. The van der Waals surface area contributed by atoms with Gasteiger partial charge >= 0.3 is 0 Å². The van der Waals surface area contributed by atoms with Gasteiger partial charge in [-0.1, -0.05) is 23.7 Å². The molecule has 24 heavy (non-hydrogen) atoms. The first-order valence-corrected chi connectivity index (χ1v) is 8.60. The number of methoxy groups -OCH3 is 1. The molecule has 0 spiro atoms. The Morgan fingerprint density at radius 2 is 1.96 bits per heavy atom. The monoisotopic (exact) mass is 370 g/mol. The second-order valence-electron chi connectivity index (χ2n) is 4.98. The summed E-state index contributed by atoms with van der Waals surface area (Å²) in [7, 11) is -1.36. The lowest BCUT2D eigenvalue weighted by Crippen LogP contribution is -2.27. The molecule has 0 fully saturated rings. The van der Waals surface area contributed by atoms with Crippen molar-refractivity contribution in [2.75, 3.05) is 14.2 Å². The maximum Gasteiger partial charge on any atom is 0.293 e. The fourth-order valence-electron chi connectivity index (χ4n) is 2.13. The van der Waals surface area contributed by atoms with E-state index in [9.17, 15) is 18.5 Å². The van der Waals surface area contributed by atoms with E-state index in [1.54, 1.807) is 24.3 Å². The van der Waals surface area contributed by atoms with Crippen molar-refractivity contribution >= 4 is 27.3 Å². The molecule has 0 atom stereocenters. The molecule has 2 aromatic rings. The number of nitro groups is 1. The van der Waals surface area contributed by atoms with Gasteiger partial charge in [-0.3, -0.25) is 10.1 Å². The van der Waals surface area contributed by atoms with Gasteiger partial charge in [0.05, 0.1) is 18.1 Å². The van der Waals surface area contributed by atoms with Gasteiger partial charge in [-0.05, 0) is 29.8 Å². The summed E-state index contributed by atoms with van der Waals surface area (Å²) in [5.41, 5.74) is 0.136. The topological polar surface area (TPSA) is 89.8 Å². The van der Waals surface area contributed by atoms with Gasteiger partial charge in [-0.15, -0.1) is 0 Å². The third kappa shape index (κ3) is 3.84. The lowest BCUT2D eigenvalue weighted by atomic mass is 10.2. The molecule has 0 aromatic heterocycles. The number of benzene rings is 2. The van der Waals surface area contributed by atoms with Crippen LogP contribution in [0.5, 0.6) is 5.75 Å². The van der Waals surface area contributed by atoms with E-state index >= 15 is 0 Å². The quantitative estimate of drug-likeness (QED) is 0.575. The smallest absolute Gasteiger partial charge is 0.293 e. The Balaban J connectivity index is 2.40. The molecule has 0 unspecified atom stereocenters. The van der Waals surface area contributed by atoms with Crippen LogP contribution in [0.2, 0.25) is 5.02 Å². The van der Waals surface area contributed by atoms with Gasteiger partial charge in [0, 0.05) is 18.6 Å². The van der Waals surface area contributed by atoms with Crippen molar-refractivity contribution < 1.29 is 18.1 Å². The minimum atomic E-state index is -4.06. The molecular weight excluding hydrogens is 356 g/mol. The van der Waals surface area contributed by atoms with Crippen molar-refractivity contribution in [1.82, 2.24) is 4.31 Å². The third-order valence-corrected chi connectivity index (χ3v) is 5.43. The standard InChI is InChI=1S/C15H15ClN2O5S/c1-17(10-11-4-3-5-12(16)8-11)24(21,22)15-7-6-13(23-2)9-14(15)18(19)20/h3-9H,10H2,1-2H3. The van der Waals surface area contributed by atoms with E-state index in [0.29, 0.717) is 10.6 Å². The predicted molar refractivity (Wildman–Crippen MR) is 89.8 cm³/mol. The summed E-state index contributed by atoms with van der Waals surface area (Å²) in [6, 6.07) is 10.4. The summed E-state index contributed by atoms with van der Waals surface area (Å²) in [6.45, 7) is 0.0338. The lowest BCUT2D eigenvalue weighted by Gasteiger charge is -2.17. The van der Waals surface area contributed by atoms with E-state index in [0.717, 1.165) is 10.4 Å². The summed E-state index contributed by atoms with van der Waals surface area (Å²) in [6.07, 6.45) is 0. The van der Waals surface area contributed by atoms with Gasteiger partial charge in [0.1, 0.15) is 5.75 Å². The molecule has 0 bridgehead atoms. The lowest BCUT2D eigenvalue weighted by molar-refractivity contribution is -0.387. The molecule has 2 aromatic carbocycles. The highest BCUT2D eigenvalue weighted by atomic mass is 35.5. The summed E-state index contributed by atoms with van der Waals surface area (Å²) >= 11 is 5.89. The molecule has 0 aliphatic heterocycles. The Labute approximate surface area is 144 Å². The van der Waals surface area contributed by atoms with Gasteiger partial charge in [-0.25, -0.2) is 8.42 Å². The number of hydrogen-bond donors (Lipinski definition) is 0. The van der Waals surface area contributed by atoms with E-state index in [4.69, 9.17) is 16.3 Å². The maximum atomic E-state index is 12.7. The fourth-order valence-corrected chi connectivity index (χ4v) is 3.64. The second kappa shape index (κ2) is 7.16. The molecule has 0 aliphatic carbocycles. The first kappa shape index (κ1) is 18.2. The van der Waals surface area contributed by atoms with Crippen molar-refractivity contribution in [3.63, 3.8) is 0 Å². The van der Waals surface area contributed by atoms with Crippen LogP contribution in [0.15, 0.2) is 47.4 Å². The van der Waals surface area contributed by atoms with Crippen molar-refractivity contribution in [1.29, 1.82) is 0 Å². The summed E-state index contributed by atoms with van der Waals surface area (Å²) < 4.78 is 31.3. The number of ether oxygens (including phenoxy) is 1. The van der Waals surface area contributed by atoms with Crippen LogP contribution in [0.4, 0.5) is 5.69 Å². The van der Waals surface area contributed by atoms with Crippen molar-refractivity contribution in [3.8, 4) is 5.75 Å². The first-order chi connectivity index (χ1) is 11.3. The molecule has 128 valence electrons. The van der Waals surface area contributed by atoms with E-state index in [-0.39, 0.29) is 12.3 Å². The molecule has 9 heteroatoms. The third-order valence-electron chi connectivity index (χ3n) is 3.35. The summed E-state index contributed by atoms with van der Waals surface area (Å²) in [5.74, 6) is 0.207. The molecule has 0 N–H and O–H groups in total. The zero-order valence-electron chi connectivity index (χ0n) is 13.0. The molecule has 0 heterocycles. The van der Waals surface area contributed by atoms with Crippen LogP contribution in [-0.4, -0.2) is 31.8 Å². The number of rotatable bonds is 6.